The number of nitrogens with zero attached hydrogens (tertiary/aromatic N) is 2. The van der Waals surface area contributed by atoms with Crippen molar-refractivity contribution in [3.8, 4) is 11.4 Å². The molecule has 0 aliphatic heterocycles. The average Bonchev–Trinajstić information content (AvgIpc) is 3.16. The number of rotatable bonds is 7. The van der Waals surface area contributed by atoms with E-state index < -0.39 is 5.97 Å². The van der Waals surface area contributed by atoms with Gasteiger partial charge >= 0.3 is 5.97 Å². The Hall–Kier alpha value is -2.41. The molecule has 1 aromatic heterocycles. The lowest BCUT2D eigenvalue weighted by molar-refractivity contribution is -0.148. The van der Waals surface area contributed by atoms with Gasteiger partial charge in [-0.05, 0) is 43.0 Å². The molecule has 2 atom stereocenters. The topological polar surface area (TPSA) is 94.3 Å². The van der Waals surface area contributed by atoms with Crippen molar-refractivity contribution >= 4 is 23.5 Å². The van der Waals surface area contributed by atoms with Crippen LogP contribution in [0.25, 0.3) is 11.4 Å². The monoisotopic (exact) mass is 405 g/mol. The van der Waals surface area contributed by atoms with Gasteiger partial charge in [0.15, 0.2) is 6.61 Å². The third kappa shape index (κ3) is 5.79. The Kier molecular flexibility index (Phi) is 7.03. The SMILES string of the molecule is C[C@@H]1CCCC[C@@H]1NC(=O)COC(=O)CCc1nc(-c2ccc(Cl)cc2)no1. The third-order valence-electron chi connectivity index (χ3n) is 4.94. The van der Waals surface area contributed by atoms with Crippen LogP contribution in [0, 0.1) is 5.92 Å². The maximum Gasteiger partial charge on any atom is 0.306 e. The first-order chi connectivity index (χ1) is 13.5. The molecule has 150 valence electrons. The van der Waals surface area contributed by atoms with Crippen LogP contribution in [-0.2, 0) is 20.7 Å². The molecule has 1 aliphatic carbocycles. The van der Waals surface area contributed by atoms with E-state index >= 15 is 0 Å². The molecule has 0 bridgehead atoms. The van der Waals surface area contributed by atoms with E-state index in [0.717, 1.165) is 24.8 Å². The second kappa shape index (κ2) is 9.68. The predicted molar refractivity (Wildman–Crippen MR) is 104 cm³/mol. The summed E-state index contributed by atoms with van der Waals surface area (Å²) in [6.07, 6.45) is 4.74. The molecular weight excluding hydrogens is 382 g/mol. The zero-order chi connectivity index (χ0) is 19.9. The quantitative estimate of drug-likeness (QED) is 0.708. The van der Waals surface area contributed by atoms with Crippen LogP contribution in [0.4, 0.5) is 0 Å². The molecule has 1 aromatic carbocycles. The fourth-order valence-corrected chi connectivity index (χ4v) is 3.40. The van der Waals surface area contributed by atoms with E-state index in [1.165, 1.54) is 6.42 Å². The van der Waals surface area contributed by atoms with Crippen molar-refractivity contribution in [2.45, 2.75) is 51.5 Å². The van der Waals surface area contributed by atoms with Crippen LogP contribution in [-0.4, -0.2) is 34.7 Å². The second-order valence-corrected chi connectivity index (χ2v) is 7.55. The summed E-state index contributed by atoms with van der Waals surface area (Å²) in [6.45, 7) is 1.88. The average molecular weight is 406 g/mol. The van der Waals surface area contributed by atoms with Crippen molar-refractivity contribution in [2.24, 2.45) is 5.92 Å². The van der Waals surface area contributed by atoms with Crippen molar-refractivity contribution in [1.82, 2.24) is 15.5 Å². The van der Waals surface area contributed by atoms with Crippen LogP contribution in [0.15, 0.2) is 28.8 Å². The lowest BCUT2D eigenvalue weighted by Gasteiger charge is -2.29. The highest BCUT2D eigenvalue weighted by Crippen LogP contribution is 2.23. The van der Waals surface area contributed by atoms with Crippen molar-refractivity contribution < 1.29 is 18.8 Å². The Morgan fingerprint density at radius 1 is 1.25 bits per heavy atom. The lowest BCUT2D eigenvalue weighted by Crippen LogP contribution is -2.42. The number of hydrogen-bond acceptors (Lipinski definition) is 6. The highest BCUT2D eigenvalue weighted by atomic mass is 35.5. The fourth-order valence-electron chi connectivity index (χ4n) is 3.28. The van der Waals surface area contributed by atoms with Gasteiger partial charge in [-0.3, -0.25) is 9.59 Å². The van der Waals surface area contributed by atoms with Gasteiger partial charge in [0.25, 0.3) is 5.91 Å². The zero-order valence-corrected chi connectivity index (χ0v) is 16.6. The van der Waals surface area contributed by atoms with Crippen molar-refractivity contribution in [3.05, 3.63) is 35.2 Å². The van der Waals surface area contributed by atoms with Crippen LogP contribution in [0.1, 0.15) is 44.9 Å². The maximum absolute atomic E-state index is 12.0. The summed E-state index contributed by atoms with van der Waals surface area (Å²) in [5.74, 6) is 0.497. The van der Waals surface area contributed by atoms with E-state index in [-0.39, 0.29) is 31.4 Å². The summed E-state index contributed by atoms with van der Waals surface area (Å²) in [7, 11) is 0. The summed E-state index contributed by atoms with van der Waals surface area (Å²) in [5.41, 5.74) is 0.774. The Bertz CT molecular complexity index is 806. The fraction of sp³-hybridized carbons (Fsp3) is 0.500. The molecular formula is C20H24ClN3O4. The Morgan fingerprint density at radius 2 is 2.00 bits per heavy atom. The van der Waals surface area contributed by atoms with E-state index in [0.29, 0.717) is 22.7 Å². The van der Waals surface area contributed by atoms with E-state index in [4.69, 9.17) is 20.9 Å². The Labute approximate surface area is 168 Å². The minimum atomic E-state index is -0.474. The highest BCUT2D eigenvalue weighted by Gasteiger charge is 2.23. The van der Waals surface area contributed by atoms with E-state index in [1.807, 2.05) is 0 Å². The van der Waals surface area contributed by atoms with Gasteiger partial charge < -0.3 is 14.6 Å². The number of ether oxygens (including phenoxy) is 1. The number of carbonyl (C=O) groups excluding carboxylic acids is 2. The molecule has 1 amide bonds. The van der Waals surface area contributed by atoms with Crippen LogP contribution in [0.3, 0.4) is 0 Å². The summed E-state index contributed by atoms with van der Waals surface area (Å²) in [5, 5.41) is 7.47. The van der Waals surface area contributed by atoms with E-state index in [1.54, 1.807) is 24.3 Å². The largest absolute Gasteiger partial charge is 0.456 e. The van der Waals surface area contributed by atoms with Gasteiger partial charge in [-0.1, -0.05) is 36.5 Å². The van der Waals surface area contributed by atoms with Crippen molar-refractivity contribution in [2.75, 3.05) is 6.61 Å². The molecule has 1 saturated carbocycles. The van der Waals surface area contributed by atoms with Crippen molar-refractivity contribution in [1.29, 1.82) is 0 Å². The molecule has 1 fully saturated rings. The van der Waals surface area contributed by atoms with Crippen LogP contribution in [0.5, 0.6) is 0 Å². The number of esters is 1. The van der Waals surface area contributed by atoms with Gasteiger partial charge in [-0.2, -0.15) is 4.98 Å². The van der Waals surface area contributed by atoms with Gasteiger partial charge in [0, 0.05) is 23.0 Å². The molecule has 0 unspecified atom stereocenters. The summed E-state index contributed by atoms with van der Waals surface area (Å²) >= 11 is 5.86. The van der Waals surface area contributed by atoms with Gasteiger partial charge in [0.05, 0.1) is 6.42 Å². The first-order valence-electron chi connectivity index (χ1n) is 9.55. The smallest absolute Gasteiger partial charge is 0.306 e. The molecule has 1 N–H and O–H groups in total. The molecule has 3 rings (SSSR count). The van der Waals surface area contributed by atoms with E-state index in [2.05, 4.69) is 22.4 Å². The van der Waals surface area contributed by atoms with Gasteiger partial charge in [-0.15, -0.1) is 0 Å². The standard InChI is InChI=1S/C20H24ClN3O4/c1-13-4-2-3-5-16(13)22-17(25)12-27-19(26)11-10-18-23-20(24-28-18)14-6-8-15(21)9-7-14/h6-9,13,16H,2-5,10-12H2,1H3,(H,22,25)/t13-,16+/m1/s1. The number of hydrogen-bond donors (Lipinski definition) is 1. The number of nitrogens with one attached hydrogen (secondary N) is 1. The number of aromatic nitrogens is 2. The highest BCUT2D eigenvalue weighted by molar-refractivity contribution is 6.30. The zero-order valence-electron chi connectivity index (χ0n) is 15.8. The van der Waals surface area contributed by atoms with Crippen LogP contribution >= 0.6 is 11.6 Å². The Morgan fingerprint density at radius 3 is 2.75 bits per heavy atom. The number of benzene rings is 1. The normalized spacial score (nSPS) is 19.2. The molecule has 0 spiro atoms. The number of carbonyl (C=O) groups is 2. The number of aryl methyl sites for hydroxylation is 1. The maximum atomic E-state index is 12.0. The van der Waals surface area contributed by atoms with E-state index in [9.17, 15) is 9.59 Å². The molecule has 2 aromatic rings. The second-order valence-electron chi connectivity index (χ2n) is 7.12. The first kappa shape index (κ1) is 20.3. The van der Waals surface area contributed by atoms with Gasteiger partial charge in [-0.25, -0.2) is 0 Å². The lowest BCUT2D eigenvalue weighted by atomic mass is 9.86. The minimum Gasteiger partial charge on any atom is -0.456 e. The molecule has 0 radical (unpaired) electrons. The number of amides is 1. The summed E-state index contributed by atoms with van der Waals surface area (Å²) in [6, 6.07) is 7.23. The van der Waals surface area contributed by atoms with Crippen molar-refractivity contribution in [3.63, 3.8) is 0 Å². The minimum absolute atomic E-state index is 0.0648. The summed E-state index contributed by atoms with van der Waals surface area (Å²) in [4.78, 5) is 28.1. The predicted octanol–water partition coefficient (Wildman–Crippen LogP) is 3.56. The molecule has 8 heteroatoms. The molecule has 1 aliphatic rings. The third-order valence-corrected chi connectivity index (χ3v) is 5.19. The number of halogens is 1. The van der Waals surface area contributed by atoms with Crippen LogP contribution in [0.2, 0.25) is 5.02 Å². The molecule has 1 heterocycles. The van der Waals surface area contributed by atoms with Gasteiger partial charge in [0.1, 0.15) is 0 Å². The molecule has 0 saturated heterocycles. The van der Waals surface area contributed by atoms with Gasteiger partial charge in [0.2, 0.25) is 11.7 Å². The first-order valence-corrected chi connectivity index (χ1v) is 9.92. The molecule has 28 heavy (non-hydrogen) atoms. The Balaban J connectivity index is 1.39. The molecule has 7 nitrogen and oxygen atoms in total. The summed E-state index contributed by atoms with van der Waals surface area (Å²) < 4.78 is 10.2. The van der Waals surface area contributed by atoms with Crippen LogP contribution < -0.4 is 5.32 Å².